The largest absolute Gasteiger partial charge is 0.548 e. The predicted octanol–water partition coefficient (Wildman–Crippen LogP) is 3.33. The molecule has 0 rings (SSSR count). The molecule has 0 bridgehead atoms. The van der Waals surface area contributed by atoms with E-state index >= 15 is 0 Å². The molecule has 0 fully saturated rings. The number of allylic oxidation sites excluding steroid dienone is 2. The van der Waals surface area contributed by atoms with Gasteiger partial charge >= 0.3 is 5.97 Å². The zero-order chi connectivity index (χ0) is 12.8. The molecule has 4 heteroatoms. The molecule has 0 aromatic heterocycles. The van der Waals surface area contributed by atoms with Crippen LogP contribution in [-0.2, 0) is 14.0 Å². The summed E-state index contributed by atoms with van der Waals surface area (Å²) in [4.78, 5) is 11.4. The summed E-state index contributed by atoms with van der Waals surface area (Å²) in [5, 5.41) is 0. The number of carbonyl (C=O) groups excluding carboxylic acids is 1. The molecule has 0 aromatic rings. The van der Waals surface area contributed by atoms with Crippen molar-refractivity contribution in [2.45, 2.75) is 46.8 Å². The summed E-state index contributed by atoms with van der Waals surface area (Å²) in [6.07, 6.45) is 2.65. The van der Waals surface area contributed by atoms with Crippen LogP contribution in [0.25, 0.3) is 0 Å². The zero-order valence-electron chi connectivity index (χ0n) is 11.3. The van der Waals surface area contributed by atoms with E-state index in [0.29, 0.717) is 13.0 Å². The van der Waals surface area contributed by atoms with Crippen molar-refractivity contribution in [2.24, 2.45) is 5.92 Å². The Morgan fingerprint density at radius 2 is 1.94 bits per heavy atom. The summed E-state index contributed by atoms with van der Waals surface area (Å²) in [6, 6.07) is 0. The van der Waals surface area contributed by atoms with Gasteiger partial charge in [0, 0.05) is 0 Å². The summed E-state index contributed by atoms with van der Waals surface area (Å²) < 4.78 is 10.7. The van der Waals surface area contributed by atoms with Gasteiger partial charge < -0.3 is 9.16 Å². The molecule has 0 spiro atoms. The highest BCUT2D eigenvalue weighted by Gasteiger charge is 2.16. The van der Waals surface area contributed by atoms with E-state index in [1.165, 1.54) is 0 Å². The van der Waals surface area contributed by atoms with Crippen molar-refractivity contribution in [1.29, 1.82) is 0 Å². The molecule has 0 aliphatic rings. The van der Waals surface area contributed by atoms with Crippen LogP contribution in [0.1, 0.15) is 27.2 Å². The van der Waals surface area contributed by atoms with Crippen LogP contribution in [0, 0.1) is 5.92 Å². The first-order valence-corrected chi connectivity index (χ1v) is 9.19. The smallest absolute Gasteiger partial charge is 0.308 e. The lowest BCUT2D eigenvalue weighted by molar-refractivity contribution is -0.147. The van der Waals surface area contributed by atoms with Crippen molar-refractivity contribution in [1.82, 2.24) is 0 Å². The van der Waals surface area contributed by atoms with Gasteiger partial charge in [-0.3, -0.25) is 4.79 Å². The SMILES string of the molecule is CCOC(=O)C(C)CC=C(C)O[Si](C)(C)C. The van der Waals surface area contributed by atoms with Crippen molar-refractivity contribution in [3.63, 3.8) is 0 Å². The zero-order valence-corrected chi connectivity index (χ0v) is 12.3. The first-order valence-electron chi connectivity index (χ1n) is 5.78. The molecule has 0 N–H and O–H groups in total. The van der Waals surface area contributed by atoms with Crippen molar-refractivity contribution in [3.05, 3.63) is 11.8 Å². The number of rotatable bonds is 6. The minimum Gasteiger partial charge on any atom is -0.548 e. The Balaban J connectivity index is 4.11. The van der Waals surface area contributed by atoms with Crippen LogP contribution >= 0.6 is 0 Å². The summed E-state index contributed by atoms with van der Waals surface area (Å²) in [7, 11) is -1.52. The van der Waals surface area contributed by atoms with Crippen molar-refractivity contribution in [3.8, 4) is 0 Å². The molecule has 0 heterocycles. The van der Waals surface area contributed by atoms with Gasteiger partial charge in [-0.05, 0) is 46.0 Å². The minimum atomic E-state index is -1.52. The van der Waals surface area contributed by atoms with Gasteiger partial charge in [-0.1, -0.05) is 6.92 Å². The number of ether oxygens (including phenoxy) is 1. The number of hydrogen-bond acceptors (Lipinski definition) is 3. The van der Waals surface area contributed by atoms with E-state index < -0.39 is 8.32 Å². The lowest BCUT2D eigenvalue weighted by atomic mass is 10.1. The lowest BCUT2D eigenvalue weighted by Gasteiger charge is -2.19. The Morgan fingerprint density at radius 3 is 2.38 bits per heavy atom. The molecule has 0 aliphatic carbocycles. The Labute approximate surface area is 100.0 Å². The molecule has 0 radical (unpaired) electrons. The average molecular weight is 244 g/mol. The van der Waals surface area contributed by atoms with Crippen LogP contribution in [0.15, 0.2) is 11.8 Å². The van der Waals surface area contributed by atoms with Gasteiger partial charge in [-0.25, -0.2) is 0 Å². The molecule has 0 aliphatic heterocycles. The highest BCUT2D eigenvalue weighted by atomic mass is 28.4. The molecule has 94 valence electrons. The third-order valence-corrected chi connectivity index (χ3v) is 2.85. The minimum absolute atomic E-state index is 0.0971. The first kappa shape index (κ1) is 15.2. The van der Waals surface area contributed by atoms with Gasteiger partial charge in [-0.15, -0.1) is 0 Å². The molecule has 0 saturated heterocycles. The Bertz CT molecular complexity index is 253. The summed E-state index contributed by atoms with van der Waals surface area (Å²) in [5.41, 5.74) is 0. The highest BCUT2D eigenvalue weighted by molar-refractivity contribution is 6.70. The number of hydrogen-bond donors (Lipinski definition) is 0. The Hall–Kier alpha value is -0.773. The van der Waals surface area contributed by atoms with Crippen molar-refractivity contribution in [2.75, 3.05) is 6.61 Å². The molecule has 1 unspecified atom stereocenters. The Morgan fingerprint density at radius 1 is 1.38 bits per heavy atom. The van der Waals surface area contributed by atoms with Gasteiger partial charge in [0.15, 0.2) is 0 Å². The summed E-state index contributed by atoms with van der Waals surface area (Å²) >= 11 is 0. The van der Waals surface area contributed by atoms with Gasteiger partial charge in [0.2, 0.25) is 8.32 Å². The second-order valence-electron chi connectivity index (χ2n) is 4.92. The first-order chi connectivity index (χ1) is 7.26. The van der Waals surface area contributed by atoms with E-state index in [9.17, 15) is 4.79 Å². The monoisotopic (exact) mass is 244 g/mol. The van der Waals surface area contributed by atoms with E-state index in [-0.39, 0.29) is 11.9 Å². The predicted molar refractivity (Wildman–Crippen MR) is 68.6 cm³/mol. The molecule has 3 nitrogen and oxygen atoms in total. The summed E-state index contributed by atoms with van der Waals surface area (Å²) in [5.74, 6) is 0.676. The Kier molecular flexibility index (Phi) is 6.41. The van der Waals surface area contributed by atoms with E-state index in [1.807, 2.05) is 26.8 Å². The maximum Gasteiger partial charge on any atom is 0.308 e. The molecular weight excluding hydrogens is 220 g/mol. The maximum absolute atomic E-state index is 11.4. The van der Waals surface area contributed by atoms with Crippen molar-refractivity contribution >= 4 is 14.3 Å². The quantitative estimate of drug-likeness (QED) is 0.408. The molecular formula is C12H24O3Si. The van der Waals surface area contributed by atoms with Crippen molar-refractivity contribution < 1.29 is 14.0 Å². The average Bonchev–Trinajstić information content (AvgIpc) is 2.11. The van der Waals surface area contributed by atoms with Crippen LogP contribution in [0.5, 0.6) is 0 Å². The highest BCUT2D eigenvalue weighted by Crippen LogP contribution is 2.13. The molecule has 1 atom stereocenters. The fourth-order valence-electron chi connectivity index (χ4n) is 1.25. The summed E-state index contributed by atoms with van der Waals surface area (Å²) in [6.45, 7) is 12.5. The fraction of sp³-hybridized carbons (Fsp3) is 0.750. The standard InChI is InChI=1S/C12H24O3Si/c1-7-14-12(13)10(2)8-9-11(3)15-16(4,5)6/h9-10H,7-8H2,1-6H3. The molecule has 0 amide bonds. The van der Waals surface area contributed by atoms with E-state index in [1.54, 1.807) is 0 Å². The van der Waals surface area contributed by atoms with Crippen LogP contribution < -0.4 is 0 Å². The molecule has 0 saturated carbocycles. The second-order valence-corrected chi connectivity index (χ2v) is 9.35. The maximum atomic E-state index is 11.4. The van der Waals surface area contributed by atoms with Crippen LogP contribution in [0.3, 0.4) is 0 Å². The molecule has 16 heavy (non-hydrogen) atoms. The van der Waals surface area contributed by atoms with Crippen LogP contribution in [0.2, 0.25) is 19.6 Å². The van der Waals surface area contributed by atoms with Gasteiger partial charge in [0.05, 0.1) is 18.3 Å². The van der Waals surface area contributed by atoms with E-state index in [2.05, 4.69) is 19.6 Å². The topological polar surface area (TPSA) is 35.5 Å². The number of esters is 1. The third-order valence-electron chi connectivity index (χ3n) is 1.92. The normalized spacial score (nSPS) is 14.5. The van der Waals surface area contributed by atoms with E-state index in [4.69, 9.17) is 9.16 Å². The van der Waals surface area contributed by atoms with Gasteiger partial charge in [0.1, 0.15) is 0 Å². The lowest BCUT2D eigenvalue weighted by Crippen LogP contribution is -2.24. The van der Waals surface area contributed by atoms with Gasteiger partial charge in [0.25, 0.3) is 0 Å². The fourth-order valence-corrected chi connectivity index (χ4v) is 2.30. The second kappa shape index (κ2) is 6.73. The van der Waals surface area contributed by atoms with E-state index in [0.717, 1.165) is 5.76 Å². The molecule has 0 aromatic carbocycles. The third kappa shape index (κ3) is 7.51. The van der Waals surface area contributed by atoms with Gasteiger partial charge in [-0.2, -0.15) is 0 Å². The van der Waals surface area contributed by atoms with Crippen LogP contribution in [0.4, 0.5) is 0 Å². The number of carbonyl (C=O) groups is 1. The van der Waals surface area contributed by atoms with Crippen LogP contribution in [-0.4, -0.2) is 20.9 Å².